The van der Waals surface area contributed by atoms with Gasteiger partial charge in [0.15, 0.2) is 16.7 Å². The Morgan fingerprint density at radius 2 is 2.08 bits per heavy atom. The summed E-state index contributed by atoms with van der Waals surface area (Å²) in [6, 6.07) is 3.31. The van der Waals surface area contributed by atoms with Gasteiger partial charge in [0.1, 0.15) is 0 Å². The predicted molar refractivity (Wildman–Crippen MR) is 97.6 cm³/mol. The molecule has 0 saturated heterocycles. The molecule has 1 fully saturated rings. The number of urea groups is 1. The number of carbonyl (C=O) groups excluding carboxylic acids is 2. The van der Waals surface area contributed by atoms with Gasteiger partial charge in [-0.1, -0.05) is 31.0 Å². The molecule has 1 saturated carbocycles. The summed E-state index contributed by atoms with van der Waals surface area (Å²) in [7, 11) is 1.81. The number of nitrogens with one attached hydrogen (secondary N) is 2. The lowest BCUT2D eigenvalue weighted by Crippen LogP contribution is -2.47. The zero-order valence-corrected chi connectivity index (χ0v) is 15.7. The largest absolute Gasteiger partial charge is 0.461 e. The first-order valence-electron chi connectivity index (χ1n) is 8.76. The van der Waals surface area contributed by atoms with Crippen LogP contribution in [0.2, 0.25) is 0 Å². The molecule has 2 aromatic heterocycles. The fraction of sp³-hybridized carbons (Fsp3) is 0.529. The SMILES string of the molecule is C[C@H](Sc1nnc(-c2ccco2)n1C)C(=O)NC(=O)NC1CCCCC1. The van der Waals surface area contributed by atoms with Gasteiger partial charge in [-0.3, -0.25) is 10.1 Å². The van der Waals surface area contributed by atoms with E-state index in [1.54, 1.807) is 36.9 Å². The van der Waals surface area contributed by atoms with E-state index >= 15 is 0 Å². The second kappa shape index (κ2) is 8.39. The Bertz CT molecular complexity index is 753. The van der Waals surface area contributed by atoms with Crippen molar-refractivity contribution in [1.82, 2.24) is 25.4 Å². The van der Waals surface area contributed by atoms with Crippen molar-refractivity contribution < 1.29 is 14.0 Å². The minimum absolute atomic E-state index is 0.161. The van der Waals surface area contributed by atoms with Crippen LogP contribution in [0.5, 0.6) is 0 Å². The number of imide groups is 1. The van der Waals surface area contributed by atoms with Gasteiger partial charge in [0, 0.05) is 13.1 Å². The Kier molecular flexibility index (Phi) is 5.97. The number of carbonyl (C=O) groups is 2. The average Bonchev–Trinajstić information content (AvgIpc) is 3.26. The molecule has 140 valence electrons. The molecule has 0 unspecified atom stereocenters. The Morgan fingerprint density at radius 1 is 1.31 bits per heavy atom. The molecule has 9 heteroatoms. The number of hydrogen-bond acceptors (Lipinski definition) is 6. The number of furan rings is 1. The molecule has 2 aromatic rings. The molecule has 8 nitrogen and oxygen atoms in total. The van der Waals surface area contributed by atoms with Gasteiger partial charge < -0.3 is 14.3 Å². The summed E-state index contributed by atoms with van der Waals surface area (Å²) >= 11 is 1.24. The molecule has 0 aliphatic heterocycles. The molecule has 0 radical (unpaired) electrons. The Morgan fingerprint density at radius 3 is 2.77 bits per heavy atom. The maximum Gasteiger partial charge on any atom is 0.321 e. The third kappa shape index (κ3) is 4.46. The molecule has 1 atom stereocenters. The van der Waals surface area contributed by atoms with Crippen molar-refractivity contribution in [3.63, 3.8) is 0 Å². The highest BCUT2D eigenvalue weighted by Gasteiger charge is 2.23. The van der Waals surface area contributed by atoms with E-state index in [0.29, 0.717) is 16.7 Å². The van der Waals surface area contributed by atoms with Crippen molar-refractivity contribution in [2.45, 2.75) is 55.5 Å². The maximum absolute atomic E-state index is 12.3. The van der Waals surface area contributed by atoms with Crippen molar-refractivity contribution in [3.05, 3.63) is 18.4 Å². The van der Waals surface area contributed by atoms with Crippen LogP contribution in [0, 0.1) is 0 Å². The fourth-order valence-corrected chi connectivity index (χ4v) is 3.75. The molecule has 2 N–H and O–H groups in total. The highest BCUT2D eigenvalue weighted by Crippen LogP contribution is 2.25. The first-order chi connectivity index (χ1) is 12.5. The number of aromatic nitrogens is 3. The number of thioether (sulfide) groups is 1. The van der Waals surface area contributed by atoms with Crippen LogP contribution in [0.25, 0.3) is 11.6 Å². The van der Waals surface area contributed by atoms with Crippen LogP contribution < -0.4 is 10.6 Å². The first kappa shape index (κ1) is 18.5. The van der Waals surface area contributed by atoms with Gasteiger partial charge in [-0.15, -0.1) is 10.2 Å². The maximum atomic E-state index is 12.3. The van der Waals surface area contributed by atoms with E-state index in [4.69, 9.17) is 4.42 Å². The third-order valence-electron chi connectivity index (χ3n) is 4.40. The fourth-order valence-electron chi connectivity index (χ4n) is 2.93. The highest BCUT2D eigenvalue weighted by atomic mass is 32.2. The number of hydrogen-bond donors (Lipinski definition) is 2. The van der Waals surface area contributed by atoms with Gasteiger partial charge in [-0.05, 0) is 31.9 Å². The van der Waals surface area contributed by atoms with Crippen LogP contribution in [-0.2, 0) is 11.8 Å². The molecular weight excluding hydrogens is 354 g/mol. The molecule has 0 spiro atoms. The van der Waals surface area contributed by atoms with E-state index in [0.717, 1.165) is 25.7 Å². The van der Waals surface area contributed by atoms with Crippen molar-refractivity contribution in [2.24, 2.45) is 7.05 Å². The second-order valence-corrected chi connectivity index (χ2v) is 7.71. The summed E-state index contributed by atoms with van der Waals surface area (Å²) in [5.41, 5.74) is 0. The highest BCUT2D eigenvalue weighted by molar-refractivity contribution is 8.00. The lowest BCUT2D eigenvalue weighted by molar-refractivity contribution is -0.119. The van der Waals surface area contributed by atoms with Gasteiger partial charge >= 0.3 is 6.03 Å². The molecule has 3 rings (SSSR count). The molecular formula is C17H23N5O3S. The second-order valence-electron chi connectivity index (χ2n) is 6.40. The lowest BCUT2D eigenvalue weighted by Gasteiger charge is -2.23. The molecule has 3 amide bonds. The Hall–Kier alpha value is -2.29. The van der Waals surface area contributed by atoms with E-state index in [2.05, 4.69) is 20.8 Å². The number of amides is 3. The monoisotopic (exact) mass is 377 g/mol. The third-order valence-corrected chi connectivity index (χ3v) is 5.54. The minimum atomic E-state index is -0.487. The van der Waals surface area contributed by atoms with E-state index < -0.39 is 11.3 Å². The van der Waals surface area contributed by atoms with Gasteiger partial charge in [0.2, 0.25) is 5.91 Å². The smallest absolute Gasteiger partial charge is 0.321 e. The molecule has 1 aliphatic rings. The molecule has 0 bridgehead atoms. The number of nitrogens with zero attached hydrogens (tertiary/aromatic N) is 3. The van der Waals surface area contributed by atoms with Crippen LogP contribution in [-0.4, -0.2) is 38.0 Å². The van der Waals surface area contributed by atoms with Crippen LogP contribution >= 0.6 is 11.8 Å². The Balaban J connectivity index is 1.53. The van der Waals surface area contributed by atoms with Crippen LogP contribution in [0.4, 0.5) is 4.79 Å². The summed E-state index contributed by atoms with van der Waals surface area (Å²) in [5.74, 6) is 0.835. The van der Waals surface area contributed by atoms with Crippen molar-refractivity contribution in [3.8, 4) is 11.6 Å². The van der Waals surface area contributed by atoms with E-state index in [-0.39, 0.29) is 11.9 Å². The topological polar surface area (TPSA) is 102 Å². The van der Waals surface area contributed by atoms with Gasteiger partial charge in [-0.25, -0.2) is 4.79 Å². The predicted octanol–water partition coefficient (Wildman–Crippen LogP) is 2.71. The van der Waals surface area contributed by atoms with Crippen molar-refractivity contribution >= 4 is 23.7 Å². The van der Waals surface area contributed by atoms with Crippen LogP contribution in [0.1, 0.15) is 39.0 Å². The summed E-state index contributed by atoms with van der Waals surface area (Å²) in [6.45, 7) is 1.73. The normalized spacial score (nSPS) is 16.2. The minimum Gasteiger partial charge on any atom is -0.461 e. The summed E-state index contributed by atoms with van der Waals surface area (Å²) in [4.78, 5) is 24.3. The van der Waals surface area contributed by atoms with E-state index in [9.17, 15) is 9.59 Å². The van der Waals surface area contributed by atoms with Crippen molar-refractivity contribution in [1.29, 1.82) is 0 Å². The molecule has 26 heavy (non-hydrogen) atoms. The molecule has 2 heterocycles. The van der Waals surface area contributed by atoms with Gasteiger partial charge in [0.05, 0.1) is 11.5 Å². The lowest BCUT2D eigenvalue weighted by atomic mass is 9.96. The summed E-state index contributed by atoms with van der Waals surface area (Å²) in [6.07, 6.45) is 6.97. The zero-order valence-electron chi connectivity index (χ0n) is 14.9. The van der Waals surface area contributed by atoms with Gasteiger partial charge in [0.25, 0.3) is 0 Å². The van der Waals surface area contributed by atoms with Gasteiger partial charge in [-0.2, -0.15) is 0 Å². The summed E-state index contributed by atoms with van der Waals surface area (Å²) < 4.78 is 7.09. The molecule has 1 aliphatic carbocycles. The average molecular weight is 377 g/mol. The standard InChI is InChI=1S/C17H23N5O3S/c1-11(15(23)19-16(24)18-12-7-4-3-5-8-12)26-17-21-20-14(22(17)2)13-9-6-10-25-13/h6,9-12H,3-5,7-8H2,1-2H3,(H2,18,19,23,24)/t11-/m0/s1. The quantitative estimate of drug-likeness (QED) is 0.777. The van der Waals surface area contributed by atoms with Crippen LogP contribution in [0.3, 0.4) is 0 Å². The zero-order chi connectivity index (χ0) is 18.5. The Labute approximate surface area is 156 Å². The molecule has 0 aromatic carbocycles. The van der Waals surface area contributed by atoms with Crippen molar-refractivity contribution in [2.75, 3.05) is 0 Å². The first-order valence-corrected chi connectivity index (χ1v) is 9.64. The number of rotatable bonds is 5. The van der Waals surface area contributed by atoms with Crippen LogP contribution in [0.15, 0.2) is 28.0 Å². The summed E-state index contributed by atoms with van der Waals surface area (Å²) in [5, 5.41) is 13.6. The van der Waals surface area contributed by atoms with E-state index in [1.807, 2.05) is 0 Å². The van der Waals surface area contributed by atoms with E-state index in [1.165, 1.54) is 18.2 Å².